The molecule has 1 heterocycles. The first-order valence-electron chi connectivity index (χ1n) is 7.55. The molecule has 0 aliphatic carbocycles. The van der Waals surface area contributed by atoms with Gasteiger partial charge in [0.1, 0.15) is 11.6 Å². The van der Waals surface area contributed by atoms with Crippen LogP contribution in [0.4, 0.5) is 5.82 Å². The highest BCUT2D eigenvalue weighted by Gasteiger charge is 2.11. The van der Waals surface area contributed by atoms with Gasteiger partial charge in [0, 0.05) is 18.6 Å². The number of pyridine rings is 1. The van der Waals surface area contributed by atoms with Gasteiger partial charge in [0.25, 0.3) is 0 Å². The van der Waals surface area contributed by atoms with Crippen molar-refractivity contribution in [3.63, 3.8) is 0 Å². The smallest absolute Gasteiger partial charge is 0.127 e. The quantitative estimate of drug-likeness (QED) is 0.746. The summed E-state index contributed by atoms with van der Waals surface area (Å²) in [5.74, 6) is 1.62. The number of hydrogen-bond donors (Lipinski definition) is 1. The Morgan fingerprint density at radius 1 is 1.00 bits per heavy atom. The number of hydrogen-bond acceptors (Lipinski definition) is 4. The maximum absolute atomic E-state index is 5.34. The van der Waals surface area contributed by atoms with Gasteiger partial charge in [0.2, 0.25) is 0 Å². The Bertz CT molecular complexity index is 775. The van der Waals surface area contributed by atoms with Crippen LogP contribution in [0.3, 0.4) is 0 Å². The van der Waals surface area contributed by atoms with Crippen molar-refractivity contribution < 1.29 is 9.47 Å². The summed E-state index contributed by atoms with van der Waals surface area (Å²) in [6.45, 7) is 0.571. The Balaban J connectivity index is 1.89. The van der Waals surface area contributed by atoms with E-state index in [0.29, 0.717) is 6.61 Å². The number of nitrogens with one attached hydrogen (secondary N) is 1. The highest BCUT2D eigenvalue weighted by Crippen LogP contribution is 2.23. The third-order valence-electron chi connectivity index (χ3n) is 3.76. The minimum atomic E-state index is 0.0526. The molecule has 0 aliphatic rings. The van der Waals surface area contributed by atoms with Crippen LogP contribution in [-0.2, 0) is 4.74 Å². The Morgan fingerprint density at radius 3 is 2.52 bits per heavy atom. The fraction of sp³-hybridized carbons (Fsp3) is 0.211. The number of ether oxygens (including phenoxy) is 2. The topological polar surface area (TPSA) is 43.4 Å². The second-order valence-corrected chi connectivity index (χ2v) is 5.32. The lowest BCUT2D eigenvalue weighted by Crippen LogP contribution is -2.16. The molecule has 0 saturated heterocycles. The van der Waals surface area contributed by atoms with E-state index in [0.717, 1.165) is 22.5 Å². The molecule has 4 heteroatoms. The fourth-order valence-corrected chi connectivity index (χ4v) is 2.56. The molecule has 1 unspecified atom stereocenters. The molecule has 23 heavy (non-hydrogen) atoms. The third kappa shape index (κ3) is 3.60. The summed E-state index contributed by atoms with van der Waals surface area (Å²) in [6, 6.07) is 20.2. The van der Waals surface area contributed by atoms with E-state index >= 15 is 0 Å². The standard InChI is InChI=1S/C19H20N2O2/c1-22-13-18(14-6-4-3-5-7-14)21-19-11-9-15-8-10-16(23-2)12-17(15)20-19/h3-12,18H,13H2,1-2H3,(H,20,21). The average Bonchev–Trinajstić information content (AvgIpc) is 2.61. The van der Waals surface area contributed by atoms with E-state index in [1.807, 2.05) is 42.5 Å². The molecule has 0 fully saturated rings. The lowest BCUT2D eigenvalue weighted by Gasteiger charge is -2.19. The number of benzene rings is 2. The van der Waals surface area contributed by atoms with Gasteiger partial charge >= 0.3 is 0 Å². The van der Waals surface area contributed by atoms with Gasteiger partial charge in [-0.05, 0) is 29.8 Å². The molecule has 1 atom stereocenters. The number of fused-ring (bicyclic) bond motifs is 1. The lowest BCUT2D eigenvalue weighted by molar-refractivity contribution is 0.186. The molecular weight excluding hydrogens is 288 g/mol. The summed E-state index contributed by atoms with van der Waals surface area (Å²) in [5.41, 5.74) is 2.07. The van der Waals surface area contributed by atoms with Crippen LogP contribution in [0.5, 0.6) is 5.75 Å². The number of rotatable bonds is 6. The summed E-state index contributed by atoms with van der Waals surface area (Å²) in [7, 11) is 3.36. The highest BCUT2D eigenvalue weighted by molar-refractivity contribution is 5.81. The van der Waals surface area contributed by atoms with Crippen molar-refractivity contribution in [1.29, 1.82) is 0 Å². The fourth-order valence-electron chi connectivity index (χ4n) is 2.56. The molecule has 0 radical (unpaired) electrons. The van der Waals surface area contributed by atoms with Crippen molar-refractivity contribution in [3.05, 3.63) is 66.2 Å². The lowest BCUT2D eigenvalue weighted by atomic mass is 10.1. The van der Waals surface area contributed by atoms with Crippen LogP contribution in [0.25, 0.3) is 10.9 Å². The normalized spacial score (nSPS) is 12.1. The summed E-state index contributed by atoms with van der Waals surface area (Å²) in [5, 5.41) is 4.53. The summed E-state index contributed by atoms with van der Waals surface area (Å²) >= 11 is 0. The molecule has 0 bridgehead atoms. The van der Waals surface area contributed by atoms with E-state index in [1.165, 1.54) is 5.56 Å². The van der Waals surface area contributed by atoms with Gasteiger partial charge in [-0.1, -0.05) is 30.3 Å². The second-order valence-electron chi connectivity index (χ2n) is 5.32. The first-order valence-corrected chi connectivity index (χ1v) is 7.55. The van der Waals surface area contributed by atoms with Crippen LogP contribution in [0.15, 0.2) is 60.7 Å². The maximum Gasteiger partial charge on any atom is 0.127 e. The molecule has 0 aliphatic heterocycles. The highest BCUT2D eigenvalue weighted by atomic mass is 16.5. The molecule has 0 spiro atoms. The second kappa shape index (κ2) is 7.11. The Kier molecular flexibility index (Phi) is 4.74. The van der Waals surface area contributed by atoms with Crippen molar-refractivity contribution in [1.82, 2.24) is 4.98 Å². The van der Waals surface area contributed by atoms with E-state index in [9.17, 15) is 0 Å². The van der Waals surface area contributed by atoms with Crippen LogP contribution in [0.1, 0.15) is 11.6 Å². The predicted octanol–water partition coefficient (Wildman–Crippen LogP) is 4.04. The van der Waals surface area contributed by atoms with E-state index < -0.39 is 0 Å². The van der Waals surface area contributed by atoms with Crippen LogP contribution >= 0.6 is 0 Å². The molecule has 0 amide bonds. The zero-order valence-corrected chi connectivity index (χ0v) is 13.3. The van der Waals surface area contributed by atoms with Gasteiger partial charge in [-0.2, -0.15) is 0 Å². The van der Waals surface area contributed by atoms with Crippen LogP contribution < -0.4 is 10.1 Å². The first-order chi connectivity index (χ1) is 11.3. The summed E-state index contributed by atoms with van der Waals surface area (Å²) in [4.78, 5) is 4.68. The van der Waals surface area contributed by atoms with E-state index in [4.69, 9.17) is 9.47 Å². The summed E-state index contributed by atoms with van der Waals surface area (Å²) in [6.07, 6.45) is 0. The van der Waals surface area contributed by atoms with Crippen molar-refractivity contribution in [2.24, 2.45) is 0 Å². The van der Waals surface area contributed by atoms with Crippen molar-refractivity contribution in [3.8, 4) is 5.75 Å². The zero-order chi connectivity index (χ0) is 16.1. The Morgan fingerprint density at radius 2 is 1.78 bits per heavy atom. The molecular formula is C19H20N2O2. The molecule has 4 nitrogen and oxygen atoms in total. The third-order valence-corrected chi connectivity index (χ3v) is 3.76. The largest absolute Gasteiger partial charge is 0.497 e. The van der Waals surface area contributed by atoms with Gasteiger partial charge in [-0.15, -0.1) is 0 Å². The van der Waals surface area contributed by atoms with E-state index in [2.05, 4.69) is 28.5 Å². The SMILES string of the molecule is COCC(Nc1ccc2ccc(OC)cc2n1)c1ccccc1. The molecule has 0 saturated carbocycles. The van der Waals surface area contributed by atoms with Crippen molar-refractivity contribution >= 4 is 16.7 Å². The monoisotopic (exact) mass is 308 g/mol. The molecule has 1 N–H and O–H groups in total. The van der Waals surface area contributed by atoms with Crippen LogP contribution in [0, 0.1) is 0 Å². The Labute approximate surface area is 136 Å². The average molecular weight is 308 g/mol. The number of methoxy groups -OCH3 is 2. The van der Waals surface area contributed by atoms with Gasteiger partial charge in [0.15, 0.2) is 0 Å². The number of anilines is 1. The minimum Gasteiger partial charge on any atom is -0.497 e. The van der Waals surface area contributed by atoms with Crippen molar-refractivity contribution in [2.75, 3.05) is 26.1 Å². The Hall–Kier alpha value is -2.59. The van der Waals surface area contributed by atoms with Crippen LogP contribution in [-0.4, -0.2) is 25.8 Å². The molecule has 1 aromatic heterocycles. The minimum absolute atomic E-state index is 0.0526. The number of nitrogens with zero attached hydrogens (tertiary/aromatic N) is 1. The number of aromatic nitrogens is 1. The molecule has 2 aromatic carbocycles. The van der Waals surface area contributed by atoms with Gasteiger partial charge in [0.05, 0.1) is 25.3 Å². The van der Waals surface area contributed by atoms with Gasteiger partial charge in [-0.3, -0.25) is 0 Å². The summed E-state index contributed by atoms with van der Waals surface area (Å²) < 4.78 is 10.6. The molecule has 3 rings (SSSR count). The molecule has 3 aromatic rings. The zero-order valence-electron chi connectivity index (χ0n) is 13.3. The van der Waals surface area contributed by atoms with Crippen LogP contribution in [0.2, 0.25) is 0 Å². The van der Waals surface area contributed by atoms with Crippen molar-refractivity contribution in [2.45, 2.75) is 6.04 Å². The predicted molar refractivity (Wildman–Crippen MR) is 93.0 cm³/mol. The first kappa shape index (κ1) is 15.3. The maximum atomic E-state index is 5.34. The van der Waals surface area contributed by atoms with Gasteiger partial charge in [-0.25, -0.2) is 4.98 Å². The van der Waals surface area contributed by atoms with E-state index in [1.54, 1.807) is 14.2 Å². The molecule has 118 valence electrons. The van der Waals surface area contributed by atoms with E-state index in [-0.39, 0.29) is 6.04 Å². The van der Waals surface area contributed by atoms with Gasteiger partial charge < -0.3 is 14.8 Å².